The summed E-state index contributed by atoms with van der Waals surface area (Å²) in [6.45, 7) is 7.09. The number of ether oxygens (including phenoxy) is 3. The van der Waals surface area contributed by atoms with Crippen molar-refractivity contribution in [3.8, 4) is 0 Å². The molecule has 0 aromatic heterocycles. The summed E-state index contributed by atoms with van der Waals surface area (Å²) >= 11 is 0. The van der Waals surface area contributed by atoms with Gasteiger partial charge in [0.1, 0.15) is 12.2 Å². The van der Waals surface area contributed by atoms with Crippen molar-refractivity contribution in [3.05, 3.63) is 35.9 Å². The molecule has 1 aromatic rings. The van der Waals surface area contributed by atoms with Crippen molar-refractivity contribution in [1.82, 2.24) is 10.2 Å². The van der Waals surface area contributed by atoms with Crippen LogP contribution in [0.5, 0.6) is 0 Å². The second kappa shape index (κ2) is 8.71. The van der Waals surface area contributed by atoms with E-state index in [0.717, 1.165) is 5.56 Å². The maximum Gasteiger partial charge on any atom is 0.410 e. The van der Waals surface area contributed by atoms with Gasteiger partial charge in [-0.05, 0) is 26.3 Å². The van der Waals surface area contributed by atoms with Crippen LogP contribution in [0.4, 0.5) is 9.59 Å². The summed E-state index contributed by atoms with van der Waals surface area (Å²) in [6.07, 6.45) is -0.953. The molecule has 0 radical (unpaired) electrons. The zero-order valence-electron chi connectivity index (χ0n) is 15.0. The number of carbonyl (C=O) groups excluding carboxylic acids is 2. The summed E-state index contributed by atoms with van der Waals surface area (Å²) in [5, 5.41) is 2.74. The number of nitrogens with zero attached hydrogens (tertiary/aromatic N) is 1. The van der Waals surface area contributed by atoms with Crippen molar-refractivity contribution >= 4 is 12.2 Å². The highest BCUT2D eigenvalue weighted by atomic mass is 16.6. The van der Waals surface area contributed by atoms with Crippen molar-refractivity contribution in [3.63, 3.8) is 0 Å². The van der Waals surface area contributed by atoms with E-state index in [0.29, 0.717) is 26.3 Å². The molecule has 0 bridgehead atoms. The Bertz CT molecular complexity index is 571. The van der Waals surface area contributed by atoms with Gasteiger partial charge in [-0.2, -0.15) is 0 Å². The third-order valence-corrected chi connectivity index (χ3v) is 3.45. The van der Waals surface area contributed by atoms with Gasteiger partial charge in [-0.15, -0.1) is 0 Å². The molecule has 0 saturated carbocycles. The van der Waals surface area contributed by atoms with Crippen LogP contribution in [-0.4, -0.2) is 55.0 Å². The number of rotatable bonds is 3. The lowest BCUT2D eigenvalue weighted by Gasteiger charge is -2.27. The molecule has 1 aliphatic rings. The van der Waals surface area contributed by atoms with E-state index < -0.39 is 17.8 Å². The highest BCUT2D eigenvalue weighted by molar-refractivity contribution is 5.69. The van der Waals surface area contributed by atoms with Gasteiger partial charge in [0.25, 0.3) is 0 Å². The topological polar surface area (TPSA) is 77.1 Å². The van der Waals surface area contributed by atoms with Gasteiger partial charge in [0, 0.05) is 13.1 Å². The summed E-state index contributed by atoms with van der Waals surface area (Å²) in [5.74, 6) is 0. The van der Waals surface area contributed by atoms with Crippen LogP contribution >= 0.6 is 0 Å². The van der Waals surface area contributed by atoms with E-state index in [1.54, 1.807) is 4.90 Å². The normalized spacial score (nSPS) is 18.2. The number of hydrogen-bond donors (Lipinski definition) is 1. The fraction of sp³-hybridized carbons (Fsp3) is 0.556. The quantitative estimate of drug-likeness (QED) is 0.906. The average Bonchev–Trinajstić information content (AvgIpc) is 2.78. The van der Waals surface area contributed by atoms with Crippen molar-refractivity contribution in [2.45, 2.75) is 39.0 Å². The van der Waals surface area contributed by atoms with Crippen LogP contribution in [0.2, 0.25) is 0 Å². The van der Waals surface area contributed by atoms with Crippen LogP contribution in [0.1, 0.15) is 26.3 Å². The van der Waals surface area contributed by atoms with Crippen molar-refractivity contribution in [2.24, 2.45) is 0 Å². The van der Waals surface area contributed by atoms with Crippen LogP contribution in [-0.2, 0) is 20.8 Å². The van der Waals surface area contributed by atoms with E-state index in [4.69, 9.17) is 14.2 Å². The van der Waals surface area contributed by atoms with E-state index >= 15 is 0 Å². The molecule has 2 amide bonds. The van der Waals surface area contributed by atoms with Crippen molar-refractivity contribution in [2.75, 3.05) is 26.3 Å². The van der Waals surface area contributed by atoms with Crippen LogP contribution in [0.15, 0.2) is 30.3 Å². The predicted octanol–water partition coefficient (Wildman–Crippen LogP) is 2.55. The Morgan fingerprint density at radius 1 is 1.28 bits per heavy atom. The van der Waals surface area contributed by atoms with Gasteiger partial charge >= 0.3 is 12.2 Å². The molecule has 7 nitrogen and oxygen atoms in total. The molecule has 1 heterocycles. The van der Waals surface area contributed by atoms with E-state index in [1.807, 2.05) is 51.1 Å². The smallest absolute Gasteiger partial charge is 0.410 e. The Balaban J connectivity index is 1.83. The van der Waals surface area contributed by atoms with Gasteiger partial charge in [-0.25, -0.2) is 9.59 Å². The Hall–Kier alpha value is -2.28. The Morgan fingerprint density at radius 2 is 2.00 bits per heavy atom. The number of nitrogens with one attached hydrogen (secondary N) is 1. The van der Waals surface area contributed by atoms with E-state index in [2.05, 4.69) is 5.32 Å². The fourth-order valence-corrected chi connectivity index (χ4v) is 2.32. The second-order valence-corrected chi connectivity index (χ2v) is 6.90. The van der Waals surface area contributed by atoms with E-state index in [-0.39, 0.29) is 12.6 Å². The molecule has 2 rings (SSSR count). The second-order valence-electron chi connectivity index (χ2n) is 6.90. The van der Waals surface area contributed by atoms with E-state index in [9.17, 15) is 9.59 Å². The third-order valence-electron chi connectivity index (χ3n) is 3.45. The zero-order chi connectivity index (χ0) is 18.3. The Morgan fingerprint density at radius 3 is 2.68 bits per heavy atom. The Kier molecular flexibility index (Phi) is 6.64. The van der Waals surface area contributed by atoms with Gasteiger partial charge < -0.3 is 24.4 Å². The molecular formula is C18H26N2O5. The van der Waals surface area contributed by atoms with Crippen LogP contribution in [0.25, 0.3) is 0 Å². The standard InChI is InChI=1S/C18H26N2O5/c1-18(2,3)25-17(22)20-9-10-23-13-15(11-20)19-16(21)24-12-14-7-5-4-6-8-14/h4-8,15H,9-13H2,1-3H3,(H,19,21). The minimum atomic E-state index is -0.568. The summed E-state index contributed by atoms with van der Waals surface area (Å²) in [7, 11) is 0. The lowest BCUT2D eigenvalue weighted by Crippen LogP contribution is -2.47. The van der Waals surface area contributed by atoms with E-state index in [1.165, 1.54) is 0 Å². The molecule has 1 aromatic carbocycles. The average molecular weight is 350 g/mol. The molecule has 0 aliphatic carbocycles. The molecule has 1 saturated heterocycles. The highest BCUT2D eigenvalue weighted by Gasteiger charge is 2.27. The first-order chi connectivity index (χ1) is 11.8. The molecule has 138 valence electrons. The number of hydrogen-bond acceptors (Lipinski definition) is 5. The third kappa shape index (κ3) is 7.01. The SMILES string of the molecule is CC(C)(C)OC(=O)N1CCOCC(NC(=O)OCc2ccccc2)C1. The largest absolute Gasteiger partial charge is 0.445 e. The predicted molar refractivity (Wildman–Crippen MR) is 92.2 cm³/mol. The van der Waals surface area contributed by atoms with Gasteiger partial charge in [0.15, 0.2) is 0 Å². The van der Waals surface area contributed by atoms with Crippen LogP contribution in [0, 0.1) is 0 Å². The molecule has 7 heteroatoms. The van der Waals surface area contributed by atoms with Crippen molar-refractivity contribution in [1.29, 1.82) is 0 Å². The maximum atomic E-state index is 12.2. The first-order valence-corrected chi connectivity index (χ1v) is 8.36. The lowest BCUT2D eigenvalue weighted by molar-refractivity contribution is 0.0237. The molecule has 1 atom stereocenters. The Labute approximate surface area is 148 Å². The molecule has 0 spiro atoms. The number of alkyl carbamates (subject to hydrolysis) is 1. The molecule has 1 unspecified atom stereocenters. The highest BCUT2D eigenvalue weighted by Crippen LogP contribution is 2.11. The monoisotopic (exact) mass is 350 g/mol. The number of benzene rings is 1. The van der Waals surface area contributed by atoms with Crippen molar-refractivity contribution < 1.29 is 23.8 Å². The molecule has 1 fully saturated rings. The van der Waals surface area contributed by atoms with Crippen LogP contribution < -0.4 is 5.32 Å². The molecule has 1 aliphatic heterocycles. The van der Waals surface area contributed by atoms with Crippen LogP contribution in [0.3, 0.4) is 0 Å². The fourth-order valence-electron chi connectivity index (χ4n) is 2.32. The summed E-state index contributed by atoms with van der Waals surface area (Å²) in [5.41, 5.74) is 0.340. The molecule has 1 N–H and O–H groups in total. The molecule has 25 heavy (non-hydrogen) atoms. The van der Waals surface area contributed by atoms with Gasteiger partial charge in [-0.3, -0.25) is 0 Å². The minimum absolute atomic E-state index is 0.191. The first-order valence-electron chi connectivity index (χ1n) is 8.36. The number of carbonyl (C=O) groups is 2. The minimum Gasteiger partial charge on any atom is -0.445 e. The first kappa shape index (κ1) is 19.1. The van der Waals surface area contributed by atoms with Gasteiger partial charge in [0.05, 0.1) is 19.3 Å². The van der Waals surface area contributed by atoms with Gasteiger partial charge in [0.2, 0.25) is 0 Å². The molecular weight excluding hydrogens is 324 g/mol. The summed E-state index contributed by atoms with van der Waals surface area (Å²) < 4.78 is 16.0. The summed E-state index contributed by atoms with van der Waals surface area (Å²) in [6, 6.07) is 9.08. The van der Waals surface area contributed by atoms with Gasteiger partial charge in [-0.1, -0.05) is 30.3 Å². The lowest BCUT2D eigenvalue weighted by atomic mass is 10.2. The maximum absolute atomic E-state index is 12.2. The zero-order valence-corrected chi connectivity index (χ0v) is 15.0. The number of amides is 2. The summed E-state index contributed by atoms with van der Waals surface area (Å²) in [4.78, 5) is 25.7.